The van der Waals surface area contributed by atoms with Crippen LogP contribution in [0.2, 0.25) is 5.02 Å². The van der Waals surface area contributed by atoms with Crippen LogP contribution in [0.3, 0.4) is 0 Å². The highest BCUT2D eigenvalue weighted by molar-refractivity contribution is 6.32. The number of nitrogens with one attached hydrogen (secondary N) is 1. The summed E-state index contributed by atoms with van der Waals surface area (Å²) in [5.74, 6) is -0.323. The van der Waals surface area contributed by atoms with Crippen LogP contribution in [-0.4, -0.2) is 11.7 Å². The van der Waals surface area contributed by atoms with Gasteiger partial charge in [0.2, 0.25) is 0 Å². The maximum atomic E-state index is 12.3. The van der Waals surface area contributed by atoms with E-state index in [0.717, 1.165) is 11.1 Å². The van der Waals surface area contributed by atoms with Gasteiger partial charge in [0, 0.05) is 22.7 Å². The standard InChI is InChI=1S/C23H18ClNO2/c24-21-9-5-4-8-18(21)14-15-22(26)19-10-12-20(13-11-19)23(27)25-16-17-6-2-1-3-7-17/h1-15H,16H2,(H,25,27). The second kappa shape index (κ2) is 8.97. The number of amides is 1. The van der Waals surface area contributed by atoms with Gasteiger partial charge in [-0.1, -0.05) is 72.3 Å². The molecule has 0 fully saturated rings. The van der Waals surface area contributed by atoms with Crippen molar-refractivity contribution in [1.29, 1.82) is 0 Å². The predicted molar refractivity (Wildman–Crippen MR) is 109 cm³/mol. The summed E-state index contributed by atoms with van der Waals surface area (Å²) in [7, 11) is 0. The lowest BCUT2D eigenvalue weighted by molar-refractivity contribution is 0.0949. The molecule has 0 aromatic heterocycles. The van der Waals surface area contributed by atoms with Crippen molar-refractivity contribution in [2.45, 2.75) is 6.54 Å². The van der Waals surface area contributed by atoms with E-state index in [2.05, 4.69) is 5.32 Å². The smallest absolute Gasteiger partial charge is 0.251 e. The van der Waals surface area contributed by atoms with E-state index < -0.39 is 0 Å². The zero-order chi connectivity index (χ0) is 19.1. The van der Waals surface area contributed by atoms with Gasteiger partial charge in [0.1, 0.15) is 0 Å². The normalized spacial score (nSPS) is 10.7. The Labute approximate surface area is 163 Å². The summed E-state index contributed by atoms with van der Waals surface area (Å²) in [5.41, 5.74) is 2.84. The third kappa shape index (κ3) is 5.16. The molecule has 1 N–H and O–H groups in total. The van der Waals surface area contributed by atoms with Gasteiger partial charge in [-0.3, -0.25) is 9.59 Å². The topological polar surface area (TPSA) is 46.2 Å². The summed E-state index contributed by atoms with van der Waals surface area (Å²) in [5, 5.41) is 3.45. The molecule has 0 saturated heterocycles. The molecular weight excluding hydrogens is 358 g/mol. The molecule has 0 aliphatic rings. The van der Waals surface area contributed by atoms with Crippen molar-refractivity contribution in [2.24, 2.45) is 0 Å². The van der Waals surface area contributed by atoms with Crippen LogP contribution < -0.4 is 5.32 Å². The van der Waals surface area contributed by atoms with Crippen LogP contribution in [-0.2, 0) is 6.54 Å². The fraction of sp³-hybridized carbons (Fsp3) is 0.0435. The molecule has 0 atom stereocenters. The molecule has 3 nitrogen and oxygen atoms in total. The molecule has 0 saturated carbocycles. The molecule has 3 aromatic rings. The number of rotatable bonds is 6. The van der Waals surface area contributed by atoms with Crippen molar-refractivity contribution in [3.05, 3.63) is 112 Å². The first-order valence-corrected chi connectivity index (χ1v) is 8.90. The number of carbonyl (C=O) groups excluding carboxylic acids is 2. The van der Waals surface area contributed by atoms with Crippen LogP contribution in [0.4, 0.5) is 0 Å². The summed E-state index contributed by atoms with van der Waals surface area (Å²) in [6, 6.07) is 23.6. The number of halogens is 1. The van der Waals surface area contributed by atoms with Crippen LogP contribution in [0.25, 0.3) is 6.08 Å². The summed E-state index contributed by atoms with van der Waals surface area (Å²) in [4.78, 5) is 24.5. The largest absolute Gasteiger partial charge is 0.348 e. The first kappa shape index (κ1) is 18.6. The summed E-state index contributed by atoms with van der Waals surface area (Å²) < 4.78 is 0. The lowest BCUT2D eigenvalue weighted by atomic mass is 10.1. The highest BCUT2D eigenvalue weighted by Crippen LogP contribution is 2.17. The van der Waals surface area contributed by atoms with Crippen molar-refractivity contribution < 1.29 is 9.59 Å². The molecule has 3 aromatic carbocycles. The Kier molecular flexibility index (Phi) is 6.18. The number of hydrogen-bond acceptors (Lipinski definition) is 2. The molecule has 134 valence electrons. The number of ketones is 1. The third-order valence-corrected chi connectivity index (χ3v) is 4.39. The SMILES string of the molecule is O=C(C=Cc1ccccc1Cl)c1ccc(C(=O)NCc2ccccc2)cc1. The fourth-order valence-corrected chi connectivity index (χ4v) is 2.74. The van der Waals surface area contributed by atoms with E-state index in [1.165, 1.54) is 6.08 Å². The number of benzene rings is 3. The Balaban J connectivity index is 1.61. The Morgan fingerprint density at radius 3 is 2.15 bits per heavy atom. The van der Waals surface area contributed by atoms with Crippen LogP contribution in [0.5, 0.6) is 0 Å². The molecule has 27 heavy (non-hydrogen) atoms. The second-order valence-corrected chi connectivity index (χ2v) is 6.37. The molecule has 1 amide bonds. The molecule has 3 rings (SSSR count). The van der Waals surface area contributed by atoms with E-state index in [1.807, 2.05) is 48.5 Å². The van der Waals surface area contributed by atoms with E-state index >= 15 is 0 Å². The molecule has 4 heteroatoms. The third-order valence-electron chi connectivity index (χ3n) is 4.05. The van der Waals surface area contributed by atoms with Crippen LogP contribution in [0.1, 0.15) is 31.8 Å². The van der Waals surface area contributed by atoms with Gasteiger partial charge in [0.05, 0.1) is 0 Å². The van der Waals surface area contributed by atoms with Crippen molar-refractivity contribution in [3.63, 3.8) is 0 Å². The van der Waals surface area contributed by atoms with Gasteiger partial charge >= 0.3 is 0 Å². The second-order valence-electron chi connectivity index (χ2n) is 5.96. The number of allylic oxidation sites excluding steroid dienone is 1. The maximum absolute atomic E-state index is 12.3. The van der Waals surface area contributed by atoms with Crippen LogP contribution in [0.15, 0.2) is 84.9 Å². The molecule has 0 spiro atoms. The Morgan fingerprint density at radius 1 is 0.815 bits per heavy atom. The van der Waals surface area contributed by atoms with E-state index in [-0.39, 0.29) is 11.7 Å². The van der Waals surface area contributed by atoms with Crippen LogP contribution >= 0.6 is 11.6 Å². The fourth-order valence-electron chi connectivity index (χ4n) is 2.54. The van der Waals surface area contributed by atoms with Gasteiger partial charge < -0.3 is 5.32 Å². The average molecular weight is 376 g/mol. The molecule has 0 aliphatic heterocycles. The van der Waals surface area contributed by atoms with E-state index in [9.17, 15) is 9.59 Å². The quantitative estimate of drug-likeness (QED) is 0.477. The van der Waals surface area contributed by atoms with E-state index in [4.69, 9.17) is 11.6 Å². The molecular formula is C23H18ClNO2. The number of carbonyl (C=O) groups is 2. The minimum atomic E-state index is -0.176. The van der Waals surface area contributed by atoms with Gasteiger partial charge in [0.15, 0.2) is 5.78 Å². The van der Waals surface area contributed by atoms with Crippen molar-refractivity contribution in [1.82, 2.24) is 5.32 Å². The van der Waals surface area contributed by atoms with E-state index in [0.29, 0.717) is 22.7 Å². The Bertz CT molecular complexity index is 963. The van der Waals surface area contributed by atoms with Gasteiger partial charge in [0.25, 0.3) is 5.91 Å². The Morgan fingerprint density at radius 2 is 1.44 bits per heavy atom. The van der Waals surface area contributed by atoms with E-state index in [1.54, 1.807) is 36.4 Å². The predicted octanol–water partition coefficient (Wildman–Crippen LogP) is 5.17. The van der Waals surface area contributed by atoms with Gasteiger partial charge in [-0.2, -0.15) is 0 Å². The molecule has 0 aliphatic carbocycles. The zero-order valence-electron chi connectivity index (χ0n) is 14.6. The van der Waals surface area contributed by atoms with Gasteiger partial charge in [-0.25, -0.2) is 0 Å². The number of hydrogen-bond donors (Lipinski definition) is 1. The zero-order valence-corrected chi connectivity index (χ0v) is 15.3. The van der Waals surface area contributed by atoms with Crippen LogP contribution in [0, 0.1) is 0 Å². The average Bonchev–Trinajstić information content (AvgIpc) is 2.72. The minimum absolute atomic E-state index is 0.147. The summed E-state index contributed by atoms with van der Waals surface area (Å²) in [6.07, 6.45) is 3.16. The Hall–Kier alpha value is -3.17. The molecule has 0 heterocycles. The lowest BCUT2D eigenvalue weighted by Crippen LogP contribution is -2.22. The van der Waals surface area contributed by atoms with Gasteiger partial charge in [-0.05, 0) is 41.5 Å². The van der Waals surface area contributed by atoms with Crippen molar-refractivity contribution in [3.8, 4) is 0 Å². The first-order chi connectivity index (χ1) is 13.1. The molecule has 0 bridgehead atoms. The molecule has 0 unspecified atom stereocenters. The highest BCUT2D eigenvalue weighted by atomic mass is 35.5. The first-order valence-electron chi connectivity index (χ1n) is 8.52. The van der Waals surface area contributed by atoms with Crippen molar-refractivity contribution in [2.75, 3.05) is 0 Å². The summed E-state index contributed by atoms with van der Waals surface area (Å²) in [6.45, 7) is 0.459. The highest BCUT2D eigenvalue weighted by Gasteiger charge is 2.07. The minimum Gasteiger partial charge on any atom is -0.348 e. The van der Waals surface area contributed by atoms with Gasteiger partial charge in [-0.15, -0.1) is 0 Å². The summed E-state index contributed by atoms with van der Waals surface area (Å²) >= 11 is 6.08. The lowest BCUT2D eigenvalue weighted by Gasteiger charge is -2.06. The molecule has 0 radical (unpaired) electrons. The monoisotopic (exact) mass is 375 g/mol. The van der Waals surface area contributed by atoms with Crippen molar-refractivity contribution >= 4 is 29.4 Å². The maximum Gasteiger partial charge on any atom is 0.251 e.